The van der Waals surface area contributed by atoms with Crippen LogP contribution in [0.15, 0.2) is 6.20 Å². The summed E-state index contributed by atoms with van der Waals surface area (Å²) >= 11 is 1.58. The first-order valence-corrected chi connectivity index (χ1v) is 7.16. The molecule has 2 heterocycles. The monoisotopic (exact) mass is 255 g/mol. The first-order valence-electron chi connectivity index (χ1n) is 6.34. The van der Waals surface area contributed by atoms with E-state index in [0.29, 0.717) is 17.8 Å². The minimum Gasteiger partial charge on any atom is -0.396 e. The van der Waals surface area contributed by atoms with Crippen LogP contribution >= 0.6 is 11.3 Å². The third kappa shape index (κ3) is 3.66. The predicted molar refractivity (Wildman–Crippen MR) is 71.1 cm³/mol. The van der Waals surface area contributed by atoms with Gasteiger partial charge in [-0.05, 0) is 32.2 Å². The van der Waals surface area contributed by atoms with E-state index >= 15 is 0 Å². The van der Waals surface area contributed by atoms with Crippen LogP contribution in [0.1, 0.15) is 30.6 Å². The maximum absolute atomic E-state index is 9.07. The van der Waals surface area contributed by atoms with Gasteiger partial charge in [0.25, 0.3) is 0 Å². The molecule has 0 saturated carbocycles. The third-order valence-electron chi connectivity index (χ3n) is 3.43. The molecule has 0 amide bonds. The number of anilines is 1. The van der Waals surface area contributed by atoms with Gasteiger partial charge in [-0.3, -0.25) is 4.90 Å². The van der Waals surface area contributed by atoms with Crippen LogP contribution in [0.4, 0.5) is 5.13 Å². The van der Waals surface area contributed by atoms with Gasteiger partial charge in [-0.15, -0.1) is 11.3 Å². The second-order valence-electron chi connectivity index (χ2n) is 4.61. The van der Waals surface area contributed by atoms with Crippen molar-refractivity contribution >= 4 is 16.5 Å². The first-order chi connectivity index (χ1) is 8.29. The summed E-state index contributed by atoms with van der Waals surface area (Å²) < 4.78 is 0. The molecule has 1 aliphatic rings. The maximum atomic E-state index is 9.07. The summed E-state index contributed by atoms with van der Waals surface area (Å²) in [6.07, 6.45) is 7.62. The highest BCUT2D eigenvalue weighted by Crippen LogP contribution is 2.21. The Labute approximate surface area is 106 Å². The van der Waals surface area contributed by atoms with Gasteiger partial charge in [0, 0.05) is 30.3 Å². The molecule has 0 spiro atoms. The number of thiazole rings is 1. The number of piperidine rings is 1. The molecule has 4 nitrogen and oxygen atoms in total. The van der Waals surface area contributed by atoms with Crippen LogP contribution in [-0.4, -0.2) is 40.7 Å². The molecule has 5 heteroatoms. The fourth-order valence-corrected chi connectivity index (χ4v) is 3.20. The summed E-state index contributed by atoms with van der Waals surface area (Å²) in [5, 5.41) is 9.73. The average Bonchev–Trinajstić information content (AvgIpc) is 2.74. The van der Waals surface area contributed by atoms with Crippen LogP contribution in [0, 0.1) is 0 Å². The van der Waals surface area contributed by atoms with Crippen LogP contribution in [0.3, 0.4) is 0 Å². The Morgan fingerprint density at radius 1 is 1.53 bits per heavy atom. The summed E-state index contributed by atoms with van der Waals surface area (Å²) in [5.74, 6) is 0. The predicted octanol–water partition coefficient (Wildman–Crippen LogP) is 1.50. The van der Waals surface area contributed by atoms with Crippen molar-refractivity contribution in [1.29, 1.82) is 0 Å². The van der Waals surface area contributed by atoms with E-state index in [4.69, 9.17) is 10.8 Å². The van der Waals surface area contributed by atoms with Crippen LogP contribution < -0.4 is 5.73 Å². The molecular weight excluding hydrogens is 234 g/mol. The minimum absolute atomic E-state index is 0.300. The number of aliphatic hydroxyl groups excluding tert-OH is 1. The molecule has 0 radical (unpaired) electrons. The SMILES string of the molecule is Nc1ncc(CCN2CCCCC2CCO)s1. The standard InChI is InChI=1S/C12H21N3OS/c13-12-14-9-11(17-12)4-7-15-6-2-1-3-10(15)5-8-16/h9-10,16H,1-8H2,(H2,13,14). The number of nitrogens with two attached hydrogens (primary N) is 1. The molecule has 1 saturated heterocycles. The van der Waals surface area contributed by atoms with E-state index in [-0.39, 0.29) is 0 Å². The molecule has 2 rings (SSSR count). The zero-order valence-electron chi connectivity index (χ0n) is 10.1. The van der Waals surface area contributed by atoms with Crippen molar-refractivity contribution in [2.45, 2.75) is 38.1 Å². The summed E-state index contributed by atoms with van der Waals surface area (Å²) in [5.41, 5.74) is 5.62. The van der Waals surface area contributed by atoms with E-state index in [9.17, 15) is 0 Å². The number of rotatable bonds is 5. The summed E-state index contributed by atoms with van der Waals surface area (Å²) in [7, 11) is 0. The smallest absolute Gasteiger partial charge is 0.180 e. The highest BCUT2D eigenvalue weighted by atomic mass is 32.1. The molecule has 3 N–H and O–H groups in total. The number of likely N-dealkylation sites (tertiary alicyclic amines) is 1. The van der Waals surface area contributed by atoms with Crippen molar-refractivity contribution in [3.05, 3.63) is 11.1 Å². The van der Waals surface area contributed by atoms with Gasteiger partial charge >= 0.3 is 0 Å². The van der Waals surface area contributed by atoms with Gasteiger partial charge in [0.1, 0.15) is 0 Å². The van der Waals surface area contributed by atoms with Crippen molar-refractivity contribution < 1.29 is 5.11 Å². The molecule has 96 valence electrons. The Bertz CT molecular complexity index is 340. The first kappa shape index (κ1) is 12.8. The number of aliphatic hydroxyl groups is 1. The molecule has 1 fully saturated rings. The lowest BCUT2D eigenvalue weighted by molar-refractivity contribution is 0.121. The number of hydrogen-bond acceptors (Lipinski definition) is 5. The highest BCUT2D eigenvalue weighted by Gasteiger charge is 2.21. The van der Waals surface area contributed by atoms with Gasteiger partial charge in [0.15, 0.2) is 5.13 Å². The van der Waals surface area contributed by atoms with Crippen molar-refractivity contribution in [1.82, 2.24) is 9.88 Å². The van der Waals surface area contributed by atoms with E-state index in [1.165, 1.54) is 30.7 Å². The van der Waals surface area contributed by atoms with Crippen LogP contribution in [0.25, 0.3) is 0 Å². The van der Waals surface area contributed by atoms with E-state index < -0.39 is 0 Å². The van der Waals surface area contributed by atoms with Gasteiger partial charge in [0.05, 0.1) is 0 Å². The van der Waals surface area contributed by atoms with E-state index in [0.717, 1.165) is 19.4 Å². The molecule has 0 aromatic carbocycles. The second-order valence-corrected chi connectivity index (χ2v) is 5.76. The van der Waals surface area contributed by atoms with Crippen molar-refractivity contribution in [2.24, 2.45) is 0 Å². The summed E-state index contributed by atoms with van der Waals surface area (Å²) in [4.78, 5) is 7.84. The van der Waals surface area contributed by atoms with E-state index in [1.807, 2.05) is 6.20 Å². The highest BCUT2D eigenvalue weighted by molar-refractivity contribution is 7.15. The maximum Gasteiger partial charge on any atom is 0.180 e. The second kappa shape index (κ2) is 6.33. The van der Waals surface area contributed by atoms with Crippen molar-refractivity contribution in [3.63, 3.8) is 0 Å². The van der Waals surface area contributed by atoms with Crippen LogP contribution in [0.2, 0.25) is 0 Å². The largest absolute Gasteiger partial charge is 0.396 e. The Morgan fingerprint density at radius 2 is 2.41 bits per heavy atom. The molecule has 1 aromatic heterocycles. The normalized spacial score (nSPS) is 21.8. The molecule has 1 atom stereocenters. The molecule has 1 aromatic rings. The quantitative estimate of drug-likeness (QED) is 0.837. The zero-order chi connectivity index (χ0) is 12.1. The number of hydrogen-bond donors (Lipinski definition) is 2. The number of nitrogens with zero attached hydrogens (tertiary/aromatic N) is 2. The molecule has 17 heavy (non-hydrogen) atoms. The van der Waals surface area contributed by atoms with E-state index in [1.54, 1.807) is 11.3 Å². The fraction of sp³-hybridized carbons (Fsp3) is 0.750. The Hall–Kier alpha value is -0.650. The molecule has 1 aliphatic heterocycles. The molecule has 0 bridgehead atoms. The van der Waals surface area contributed by atoms with Crippen LogP contribution in [-0.2, 0) is 6.42 Å². The molecule has 0 aliphatic carbocycles. The van der Waals surface area contributed by atoms with Gasteiger partial charge in [-0.25, -0.2) is 4.98 Å². The number of aromatic nitrogens is 1. The summed E-state index contributed by atoms with van der Waals surface area (Å²) in [6, 6.07) is 0.569. The van der Waals surface area contributed by atoms with Gasteiger partial charge in [-0.2, -0.15) is 0 Å². The summed E-state index contributed by atoms with van der Waals surface area (Å²) in [6.45, 7) is 2.53. The lowest BCUT2D eigenvalue weighted by Crippen LogP contribution is -2.41. The minimum atomic E-state index is 0.300. The fourth-order valence-electron chi connectivity index (χ4n) is 2.52. The zero-order valence-corrected chi connectivity index (χ0v) is 11.0. The van der Waals surface area contributed by atoms with Gasteiger partial charge in [0.2, 0.25) is 0 Å². The molecular formula is C12H21N3OS. The van der Waals surface area contributed by atoms with Crippen molar-refractivity contribution in [2.75, 3.05) is 25.4 Å². The Balaban J connectivity index is 1.83. The van der Waals surface area contributed by atoms with E-state index in [2.05, 4.69) is 9.88 Å². The molecule has 1 unspecified atom stereocenters. The topological polar surface area (TPSA) is 62.4 Å². The Kier molecular flexibility index (Phi) is 4.76. The third-order valence-corrected chi connectivity index (χ3v) is 4.31. The average molecular weight is 255 g/mol. The van der Waals surface area contributed by atoms with Gasteiger partial charge < -0.3 is 10.8 Å². The lowest BCUT2D eigenvalue weighted by atomic mass is 9.99. The lowest BCUT2D eigenvalue weighted by Gasteiger charge is -2.35. The van der Waals surface area contributed by atoms with Gasteiger partial charge in [-0.1, -0.05) is 6.42 Å². The Morgan fingerprint density at radius 3 is 3.12 bits per heavy atom. The number of nitrogen functional groups attached to an aromatic ring is 1. The van der Waals surface area contributed by atoms with Crippen molar-refractivity contribution in [3.8, 4) is 0 Å². The van der Waals surface area contributed by atoms with Crippen LogP contribution in [0.5, 0.6) is 0 Å².